The summed E-state index contributed by atoms with van der Waals surface area (Å²) in [4.78, 5) is 21.1. The predicted molar refractivity (Wildman–Crippen MR) is 120 cm³/mol. The molecule has 0 atom stereocenters. The highest BCUT2D eigenvalue weighted by Crippen LogP contribution is 2.34. The van der Waals surface area contributed by atoms with Crippen molar-refractivity contribution in [3.8, 4) is 22.8 Å². The molecule has 0 aliphatic rings. The number of hydrogen-bond donors (Lipinski definition) is 1. The maximum Gasteiger partial charge on any atom is 0.234 e. The lowest BCUT2D eigenvalue weighted by Crippen LogP contribution is -2.14. The number of fused-ring (bicyclic) bond motifs is 1. The van der Waals surface area contributed by atoms with Crippen molar-refractivity contribution in [2.45, 2.75) is 5.03 Å². The van der Waals surface area contributed by atoms with Gasteiger partial charge in [-0.15, -0.1) is 0 Å². The van der Waals surface area contributed by atoms with E-state index in [2.05, 4.69) is 19.7 Å². The highest BCUT2D eigenvalue weighted by Gasteiger charge is 2.16. The number of nitrogens with one attached hydrogen (secondary N) is 1. The maximum atomic E-state index is 13.2. The van der Waals surface area contributed by atoms with E-state index in [9.17, 15) is 9.18 Å². The number of carbonyl (C=O) groups is 1. The molecule has 0 saturated heterocycles. The molecule has 2 heterocycles. The number of benzene rings is 2. The number of thioether (sulfide) groups is 1. The first kappa shape index (κ1) is 21.0. The normalized spacial score (nSPS) is 10.8. The van der Waals surface area contributed by atoms with Crippen LogP contribution in [0.2, 0.25) is 0 Å². The molecule has 7 nitrogen and oxygen atoms in total. The number of hydrogen-bond acceptors (Lipinski definition) is 8. The van der Waals surface area contributed by atoms with Crippen molar-refractivity contribution in [3.63, 3.8) is 0 Å². The lowest BCUT2D eigenvalue weighted by atomic mass is 10.1. The minimum Gasteiger partial charge on any atom is -0.497 e. The molecule has 31 heavy (non-hydrogen) atoms. The molecule has 158 valence electrons. The first-order chi connectivity index (χ1) is 15.1. The molecule has 2 aromatic carbocycles. The number of rotatable bonds is 7. The SMILES string of the molecule is COc1cc(NC(=O)CSc2ncnc3c(-c4ccc(F)cc4)nsc23)cc(OC)c1. The minimum atomic E-state index is -0.311. The molecule has 2 aromatic heterocycles. The quantitative estimate of drug-likeness (QED) is 0.320. The van der Waals surface area contributed by atoms with Gasteiger partial charge in [0.15, 0.2) is 0 Å². The van der Waals surface area contributed by atoms with Crippen LogP contribution < -0.4 is 14.8 Å². The summed E-state index contributed by atoms with van der Waals surface area (Å²) in [6.07, 6.45) is 1.44. The monoisotopic (exact) mass is 456 g/mol. The summed E-state index contributed by atoms with van der Waals surface area (Å²) in [6.45, 7) is 0. The van der Waals surface area contributed by atoms with Crippen LogP contribution in [0.1, 0.15) is 0 Å². The van der Waals surface area contributed by atoms with Gasteiger partial charge in [0, 0.05) is 29.4 Å². The van der Waals surface area contributed by atoms with Crippen LogP contribution in [0.25, 0.3) is 21.5 Å². The van der Waals surface area contributed by atoms with Crippen molar-refractivity contribution in [2.75, 3.05) is 25.3 Å². The molecule has 0 unspecified atom stereocenters. The fourth-order valence-corrected chi connectivity index (χ4v) is 4.57. The number of nitrogens with zero attached hydrogens (tertiary/aromatic N) is 3. The van der Waals surface area contributed by atoms with E-state index in [1.807, 2.05) is 0 Å². The maximum absolute atomic E-state index is 13.2. The van der Waals surface area contributed by atoms with E-state index in [-0.39, 0.29) is 17.5 Å². The van der Waals surface area contributed by atoms with Gasteiger partial charge in [0.05, 0.1) is 20.0 Å². The Hall–Kier alpha value is -3.24. The van der Waals surface area contributed by atoms with Crippen LogP contribution in [0.3, 0.4) is 0 Å². The summed E-state index contributed by atoms with van der Waals surface area (Å²) in [7, 11) is 3.09. The van der Waals surface area contributed by atoms with Gasteiger partial charge in [-0.1, -0.05) is 11.8 Å². The van der Waals surface area contributed by atoms with Gasteiger partial charge in [0.2, 0.25) is 5.91 Å². The predicted octanol–water partition coefficient (Wildman–Crippen LogP) is 4.64. The fraction of sp³-hybridized carbons (Fsp3) is 0.143. The smallest absolute Gasteiger partial charge is 0.234 e. The van der Waals surface area contributed by atoms with E-state index in [1.54, 1.807) is 44.6 Å². The Morgan fingerprint density at radius 2 is 1.81 bits per heavy atom. The fourth-order valence-electron chi connectivity index (χ4n) is 2.85. The van der Waals surface area contributed by atoms with Gasteiger partial charge < -0.3 is 14.8 Å². The molecular formula is C21H17FN4O3S2. The van der Waals surface area contributed by atoms with Crippen LogP contribution in [0.15, 0.2) is 53.8 Å². The van der Waals surface area contributed by atoms with Crippen LogP contribution in [-0.2, 0) is 4.79 Å². The Morgan fingerprint density at radius 1 is 1.10 bits per heavy atom. The molecular weight excluding hydrogens is 439 g/mol. The van der Waals surface area contributed by atoms with Gasteiger partial charge in [-0.2, -0.15) is 4.37 Å². The number of halogens is 1. The second kappa shape index (κ2) is 9.27. The van der Waals surface area contributed by atoms with Crippen molar-refractivity contribution >= 4 is 45.1 Å². The first-order valence-electron chi connectivity index (χ1n) is 9.09. The summed E-state index contributed by atoms with van der Waals surface area (Å²) >= 11 is 2.54. The molecule has 4 aromatic rings. The number of aromatic nitrogens is 3. The van der Waals surface area contributed by atoms with E-state index >= 15 is 0 Å². The molecule has 4 rings (SSSR count). The third kappa shape index (κ3) is 4.75. The highest BCUT2D eigenvalue weighted by atomic mass is 32.2. The lowest BCUT2D eigenvalue weighted by molar-refractivity contribution is -0.113. The first-order valence-corrected chi connectivity index (χ1v) is 10.9. The molecule has 0 aliphatic heterocycles. The zero-order chi connectivity index (χ0) is 21.8. The zero-order valence-corrected chi connectivity index (χ0v) is 18.2. The van der Waals surface area contributed by atoms with Crippen molar-refractivity contribution in [1.29, 1.82) is 0 Å². The Bertz CT molecular complexity index is 1210. The Morgan fingerprint density at radius 3 is 2.48 bits per heavy atom. The van der Waals surface area contributed by atoms with Crippen LogP contribution in [0.5, 0.6) is 11.5 Å². The van der Waals surface area contributed by atoms with Crippen molar-refractivity contribution in [2.24, 2.45) is 0 Å². The van der Waals surface area contributed by atoms with E-state index in [4.69, 9.17) is 9.47 Å². The summed E-state index contributed by atoms with van der Waals surface area (Å²) in [5.41, 5.74) is 2.68. The van der Waals surface area contributed by atoms with Gasteiger partial charge in [-0.25, -0.2) is 14.4 Å². The van der Waals surface area contributed by atoms with Gasteiger partial charge in [0.25, 0.3) is 0 Å². The lowest BCUT2D eigenvalue weighted by Gasteiger charge is -2.09. The van der Waals surface area contributed by atoms with Gasteiger partial charge in [-0.3, -0.25) is 4.79 Å². The third-order valence-electron chi connectivity index (χ3n) is 4.32. The number of anilines is 1. The third-order valence-corrected chi connectivity index (χ3v) is 6.28. The molecule has 0 aliphatic carbocycles. The van der Waals surface area contributed by atoms with Crippen molar-refractivity contribution in [1.82, 2.24) is 14.3 Å². The molecule has 10 heteroatoms. The van der Waals surface area contributed by atoms with E-state index in [0.717, 1.165) is 10.3 Å². The highest BCUT2D eigenvalue weighted by molar-refractivity contribution is 8.00. The molecule has 1 N–H and O–H groups in total. The topological polar surface area (TPSA) is 86.2 Å². The second-order valence-electron chi connectivity index (χ2n) is 6.33. The van der Waals surface area contributed by atoms with Gasteiger partial charge in [0.1, 0.15) is 44.6 Å². The molecule has 0 bridgehead atoms. The molecule has 0 spiro atoms. The number of ether oxygens (including phenoxy) is 2. The van der Waals surface area contributed by atoms with E-state index in [1.165, 1.54) is 41.8 Å². The van der Waals surface area contributed by atoms with Crippen molar-refractivity contribution in [3.05, 3.63) is 54.6 Å². The average molecular weight is 457 g/mol. The largest absolute Gasteiger partial charge is 0.497 e. The molecule has 1 amide bonds. The van der Waals surface area contributed by atoms with Crippen molar-refractivity contribution < 1.29 is 18.7 Å². The zero-order valence-electron chi connectivity index (χ0n) is 16.6. The minimum absolute atomic E-state index is 0.148. The number of methoxy groups -OCH3 is 2. The van der Waals surface area contributed by atoms with E-state index < -0.39 is 0 Å². The summed E-state index contributed by atoms with van der Waals surface area (Å²) in [5.74, 6) is 0.801. The second-order valence-corrected chi connectivity index (χ2v) is 8.07. The van der Waals surface area contributed by atoms with Gasteiger partial charge >= 0.3 is 0 Å². The van der Waals surface area contributed by atoms with Gasteiger partial charge in [-0.05, 0) is 35.8 Å². The molecule has 0 radical (unpaired) electrons. The summed E-state index contributed by atoms with van der Waals surface area (Å²) in [5, 5.41) is 3.50. The van der Waals surface area contributed by atoms with Crippen LogP contribution >= 0.6 is 23.3 Å². The Kier molecular flexibility index (Phi) is 6.28. The van der Waals surface area contributed by atoms with Crippen LogP contribution in [0, 0.1) is 5.82 Å². The van der Waals surface area contributed by atoms with E-state index in [0.29, 0.717) is 33.4 Å². The Balaban J connectivity index is 1.49. The number of carbonyl (C=O) groups excluding carboxylic acids is 1. The molecule has 0 saturated carbocycles. The molecule has 0 fully saturated rings. The Labute approximate surface area is 185 Å². The van der Waals surface area contributed by atoms with Crippen LogP contribution in [-0.4, -0.2) is 40.2 Å². The standard InChI is InChI=1S/C21H17FN4O3S2/c1-28-15-7-14(8-16(9-15)29-2)25-17(27)10-30-21-20-19(23-11-24-21)18(26-31-20)12-3-5-13(22)6-4-12/h3-9,11H,10H2,1-2H3,(H,25,27). The average Bonchev–Trinajstić information content (AvgIpc) is 3.22. The number of amides is 1. The van der Waals surface area contributed by atoms with Crippen LogP contribution in [0.4, 0.5) is 10.1 Å². The summed E-state index contributed by atoms with van der Waals surface area (Å²) in [6, 6.07) is 11.2. The summed E-state index contributed by atoms with van der Waals surface area (Å²) < 4.78 is 28.9.